The molecule has 0 N–H and O–H groups in total. The first kappa shape index (κ1) is 15.4. The molecule has 2 aliphatic rings. The molecule has 0 atom stereocenters. The van der Waals surface area contributed by atoms with Crippen LogP contribution >= 0.6 is 23.6 Å². The number of pyridine rings is 1. The molecule has 4 heterocycles. The number of fused-ring (bicyclic) bond motifs is 1. The van der Waals surface area contributed by atoms with E-state index in [1.807, 2.05) is 28.3 Å². The van der Waals surface area contributed by atoms with Crippen LogP contribution < -0.4 is 0 Å². The van der Waals surface area contributed by atoms with Crippen LogP contribution in [0.5, 0.6) is 0 Å². The van der Waals surface area contributed by atoms with Gasteiger partial charge in [-0.2, -0.15) is 5.10 Å². The zero-order valence-electron chi connectivity index (χ0n) is 13.8. The minimum absolute atomic E-state index is 0.501. The molecule has 0 radical (unpaired) electrons. The first-order chi connectivity index (χ1) is 12.3. The molecular formula is C18H19N5S2. The summed E-state index contributed by atoms with van der Waals surface area (Å²) in [4.78, 5) is 8.21. The molecule has 0 unspecified atom stereocenters. The third-order valence-electron chi connectivity index (χ3n) is 4.92. The highest BCUT2D eigenvalue weighted by Crippen LogP contribution is 2.38. The van der Waals surface area contributed by atoms with Gasteiger partial charge in [0.1, 0.15) is 0 Å². The molecule has 1 saturated carbocycles. The Morgan fingerprint density at radius 1 is 1.28 bits per heavy atom. The van der Waals surface area contributed by atoms with Gasteiger partial charge in [-0.1, -0.05) is 0 Å². The van der Waals surface area contributed by atoms with Crippen molar-refractivity contribution in [1.29, 1.82) is 0 Å². The second-order valence-electron chi connectivity index (χ2n) is 6.76. The molecule has 5 nitrogen and oxygen atoms in total. The summed E-state index contributed by atoms with van der Waals surface area (Å²) < 4.78 is 5.05. The van der Waals surface area contributed by atoms with Gasteiger partial charge < -0.3 is 0 Å². The maximum atomic E-state index is 5.78. The van der Waals surface area contributed by atoms with E-state index in [0.29, 0.717) is 6.04 Å². The minimum atomic E-state index is 0.501. The number of aromatic nitrogens is 4. The number of nitrogens with zero attached hydrogens (tertiary/aromatic N) is 5. The molecule has 7 heteroatoms. The van der Waals surface area contributed by atoms with Crippen LogP contribution in [0, 0.1) is 4.77 Å². The molecule has 0 amide bonds. The Morgan fingerprint density at radius 3 is 3.00 bits per heavy atom. The average molecular weight is 370 g/mol. The van der Waals surface area contributed by atoms with E-state index in [1.54, 1.807) is 6.20 Å². The molecule has 5 rings (SSSR count). The second kappa shape index (κ2) is 6.16. The van der Waals surface area contributed by atoms with E-state index >= 15 is 0 Å². The summed E-state index contributed by atoms with van der Waals surface area (Å²) in [5, 5.41) is 7.07. The van der Waals surface area contributed by atoms with Crippen LogP contribution in [0.4, 0.5) is 0 Å². The van der Waals surface area contributed by atoms with Gasteiger partial charge >= 0.3 is 0 Å². The number of rotatable bonds is 4. The number of hydrogen-bond acceptors (Lipinski definition) is 5. The Labute approximate surface area is 155 Å². The lowest BCUT2D eigenvalue weighted by molar-refractivity contribution is 0.189. The van der Waals surface area contributed by atoms with E-state index < -0.39 is 0 Å². The summed E-state index contributed by atoms with van der Waals surface area (Å²) in [6.45, 7) is 2.80. The molecule has 1 fully saturated rings. The van der Waals surface area contributed by atoms with Crippen LogP contribution in [0.25, 0.3) is 11.4 Å². The molecule has 1 aliphatic heterocycles. The van der Waals surface area contributed by atoms with Crippen LogP contribution in [0.2, 0.25) is 0 Å². The normalized spacial score (nSPS) is 17.6. The van der Waals surface area contributed by atoms with Gasteiger partial charge in [0.25, 0.3) is 0 Å². The van der Waals surface area contributed by atoms with Crippen molar-refractivity contribution in [3.63, 3.8) is 0 Å². The Balaban J connectivity index is 1.47. The van der Waals surface area contributed by atoms with E-state index in [9.17, 15) is 0 Å². The molecule has 0 saturated heterocycles. The fraction of sp³-hybridized carbons (Fsp3) is 0.389. The Morgan fingerprint density at radius 2 is 2.20 bits per heavy atom. The predicted molar refractivity (Wildman–Crippen MR) is 101 cm³/mol. The summed E-state index contributed by atoms with van der Waals surface area (Å²) in [7, 11) is 0. The van der Waals surface area contributed by atoms with E-state index in [4.69, 9.17) is 17.3 Å². The summed E-state index contributed by atoms with van der Waals surface area (Å²) >= 11 is 7.65. The predicted octanol–water partition coefficient (Wildman–Crippen LogP) is 3.89. The van der Waals surface area contributed by atoms with Gasteiger partial charge in [-0.15, -0.1) is 11.3 Å². The Bertz CT molecular complexity index is 952. The van der Waals surface area contributed by atoms with Crippen LogP contribution in [0.1, 0.15) is 29.3 Å². The van der Waals surface area contributed by atoms with Gasteiger partial charge in [-0.25, -0.2) is 4.68 Å². The van der Waals surface area contributed by atoms with Gasteiger partial charge in [-0.05, 0) is 60.6 Å². The highest BCUT2D eigenvalue weighted by molar-refractivity contribution is 7.71. The van der Waals surface area contributed by atoms with E-state index in [0.717, 1.165) is 42.3 Å². The van der Waals surface area contributed by atoms with Gasteiger partial charge in [0.15, 0.2) is 10.6 Å². The molecule has 3 aromatic heterocycles. The summed E-state index contributed by atoms with van der Waals surface area (Å²) in [5.74, 6) is 0.953. The molecule has 0 bridgehead atoms. The van der Waals surface area contributed by atoms with Crippen LogP contribution in [-0.2, 0) is 19.6 Å². The van der Waals surface area contributed by atoms with Gasteiger partial charge in [0, 0.05) is 42.0 Å². The SMILES string of the molecule is S=c1n(CN2CCc3sccc3C2)nc(-c2cccnc2)n1C1CC1. The van der Waals surface area contributed by atoms with Crippen molar-refractivity contribution in [3.05, 3.63) is 51.2 Å². The molecule has 25 heavy (non-hydrogen) atoms. The van der Waals surface area contributed by atoms with Crippen molar-refractivity contribution >= 4 is 23.6 Å². The average Bonchev–Trinajstić information content (AvgIpc) is 3.28. The Kier molecular flexibility index (Phi) is 3.80. The standard InChI is InChI=1S/C18H19N5S2/c24-18-22(12-21-8-5-16-14(11-21)6-9-25-16)20-17(23(18)15-3-4-15)13-2-1-7-19-10-13/h1-2,6-7,9-10,15H,3-5,8,11-12H2. The molecule has 0 aromatic carbocycles. The van der Waals surface area contributed by atoms with E-state index in [1.165, 1.54) is 23.3 Å². The number of hydrogen-bond donors (Lipinski definition) is 0. The topological polar surface area (TPSA) is 38.9 Å². The summed E-state index contributed by atoms with van der Waals surface area (Å²) in [6, 6.07) is 6.76. The maximum Gasteiger partial charge on any atom is 0.199 e. The third kappa shape index (κ3) is 2.86. The fourth-order valence-corrected chi connectivity index (χ4v) is 4.71. The fourth-order valence-electron chi connectivity index (χ4n) is 3.48. The summed E-state index contributed by atoms with van der Waals surface area (Å²) in [5.41, 5.74) is 2.50. The van der Waals surface area contributed by atoms with Crippen molar-refractivity contribution in [1.82, 2.24) is 24.2 Å². The smallest absolute Gasteiger partial charge is 0.199 e. The number of thiophene rings is 1. The Hall–Kier alpha value is -1.83. The van der Waals surface area contributed by atoms with E-state index in [-0.39, 0.29) is 0 Å². The lowest BCUT2D eigenvalue weighted by Crippen LogP contribution is -2.32. The molecule has 3 aromatic rings. The van der Waals surface area contributed by atoms with Crippen molar-refractivity contribution < 1.29 is 0 Å². The van der Waals surface area contributed by atoms with Crippen LogP contribution in [-0.4, -0.2) is 30.8 Å². The van der Waals surface area contributed by atoms with Gasteiger partial charge in [-0.3, -0.25) is 14.5 Å². The highest BCUT2D eigenvalue weighted by Gasteiger charge is 2.29. The van der Waals surface area contributed by atoms with Crippen molar-refractivity contribution in [2.45, 2.75) is 38.5 Å². The third-order valence-corrected chi connectivity index (χ3v) is 6.35. The summed E-state index contributed by atoms with van der Waals surface area (Å²) in [6.07, 6.45) is 7.17. The monoisotopic (exact) mass is 369 g/mol. The zero-order chi connectivity index (χ0) is 16.8. The second-order valence-corrected chi connectivity index (χ2v) is 8.13. The maximum absolute atomic E-state index is 5.78. The largest absolute Gasteiger partial charge is 0.297 e. The van der Waals surface area contributed by atoms with Crippen molar-refractivity contribution in [2.24, 2.45) is 0 Å². The first-order valence-electron chi connectivity index (χ1n) is 8.67. The van der Waals surface area contributed by atoms with Gasteiger partial charge in [0.05, 0.1) is 6.67 Å². The lowest BCUT2D eigenvalue weighted by Gasteiger charge is -2.26. The van der Waals surface area contributed by atoms with E-state index in [2.05, 4.69) is 32.0 Å². The molecule has 1 aliphatic carbocycles. The molecule has 128 valence electrons. The highest BCUT2D eigenvalue weighted by atomic mass is 32.1. The minimum Gasteiger partial charge on any atom is -0.297 e. The molecule has 0 spiro atoms. The lowest BCUT2D eigenvalue weighted by atomic mass is 10.1. The van der Waals surface area contributed by atoms with Crippen LogP contribution in [0.3, 0.4) is 0 Å². The van der Waals surface area contributed by atoms with Gasteiger partial charge in [0.2, 0.25) is 0 Å². The van der Waals surface area contributed by atoms with Crippen LogP contribution in [0.15, 0.2) is 36.0 Å². The van der Waals surface area contributed by atoms with Crippen molar-refractivity contribution in [2.75, 3.05) is 6.54 Å². The first-order valence-corrected chi connectivity index (χ1v) is 9.96. The zero-order valence-corrected chi connectivity index (χ0v) is 15.5. The molecular weight excluding hydrogens is 350 g/mol. The van der Waals surface area contributed by atoms with Crippen molar-refractivity contribution in [3.8, 4) is 11.4 Å². The quantitative estimate of drug-likeness (QED) is 0.654.